The number of ether oxygens (including phenoxy) is 1. The predicted molar refractivity (Wildman–Crippen MR) is 59.6 cm³/mol. The first kappa shape index (κ1) is 12.8. The van der Waals surface area contributed by atoms with Gasteiger partial charge in [0, 0.05) is 17.9 Å². The number of fused-ring (bicyclic) bond motifs is 2. The van der Waals surface area contributed by atoms with Crippen LogP contribution in [0.1, 0.15) is 25.7 Å². The summed E-state index contributed by atoms with van der Waals surface area (Å²) < 4.78 is 41.0. The fraction of sp³-hybridized carbons (Fsp3) is 0.769. The number of likely N-dealkylation sites (tertiary alicyclic amines) is 1. The zero-order chi connectivity index (χ0) is 13.8. The first-order valence-electron chi connectivity index (χ1n) is 6.43. The lowest BCUT2D eigenvalue weighted by Crippen LogP contribution is -2.50. The quantitative estimate of drug-likeness (QED) is 0.719. The van der Waals surface area contributed by atoms with E-state index >= 15 is 0 Å². The predicted octanol–water partition coefficient (Wildman–Crippen LogP) is 1.92. The summed E-state index contributed by atoms with van der Waals surface area (Å²) in [6.45, 7) is 0. The molecule has 2 aliphatic carbocycles. The van der Waals surface area contributed by atoms with E-state index in [1.165, 1.54) is 0 Å². The lowest BCUT2D eigenvalue weighted by Gasteiger charge is -2.36. The third-order valence-corrected chi connectivity index (χ3v) is 4.26. The molecule has 2 bridgehead atoms. The molecule has 3 rings (SSSR count). The van der Waals surface area contributed by atoms with Gasteiger partial charge in [-0.1, -0.05) is 5.92 Å². The first-order chi connectivity index (χ1) is 8.90. The largest absolute Gasteiger partial charge is 0.522 e. The van der Waals surface area contributed by atoms with Crippen LogP contribution in [-0.2, 0) is 9.53 Å². The van der Waals surface area contributed by atoms with Gasteiger partial charge in [-0.2, -0.15) is 0 Å². The molecular formula is C13H14F3NO2. The maximum absolute atomic E-state index is 12.3. The van der Waals surface area contributed by atoms with Crippen molar-refractivity contribution >= 4 is 5.91 Å². The van der Waals surface area contributed by atoms with Crippen molar-refractivity contribution in [2.75, 3.05) is 0 Å². The lowest BCUT2D eigenvalue weighted by molar-refractivity contribution is -0.348. The van der Waals surface area contributed by atoms with E-state index in [1.54, 1.807) is 4.90 Å². The van der Waals surface area contributed by atoms with Gasteiger partial charge in [0.1, 0.15) is 0 Å². The van der Waals surface area contributed by atoms with E-state index in [0.717, 1.165) is 12.8 Å². The van der Waals surface area contributed by atoms with Crippen molar-refractivity contribution in [3.63, 3.8) is 0 Å². The van der Waals surface area contributed by atoms with Gasteiger partial charge in [-0.15, -0.1) is 19.6 Å². The maximum atomic E-state index is 12.3. The molecule has 0 aromatic heterocycles. The van der Waals surface area contributed by atoms with E-state index in [-0.39, 0.29) is 30.2 Å². The third-order valence-electron chi connectivity index (χ3n) is 4.26. The number of alkyl halides is 3. The van der Waals surface area contributed by atoms with E-state index in [4.69, 9.17) is 6.42 Å². The van der Waals surface area contributed by atoms with Crippen molar-refractivity contribution < 1.29 is 22.7 Å². The van der Waals surface area contributed by atoms with E-state index in [0.29, 0.717) is 6.42 Å². The number of hydrogen-bond acceptors (Lipinski definition) is 2. The van der Waals surface area contributed by atoms with Crippen LogP contribution in [-0.4, -0.2) is 35.4 Å². The highest BCUT2D eigenvalue weighted by Gasteiger charge is 2.56. The average Bonchev–Trinajstić information content (AvgIpc) is 3.00. The fourth-order valence-corrected chi connectivity index (χ4v) is 3.37. The molecule has 104 valence electrons. The Bertz CT molecular complexity index is 438. The number of terminal acetylenes is 1. The van der Waals surface area contributed by atoms with Gasteiger partial charge in [0.25, 0.3) is 0 Å². The summed E-state index contributed by atoms with van der Waals surface area (Å²) in [6, 6.07) is -0.731. The Balaban J connectivity index is 1.74. The Morgan fingerprint density at radius 1 is 1.32 bits per heavy atom. The van der Waals surface area contributed by atoms with E-state index in [2.05, 4.69) is 10.7 Å². The van der Waals surface area contributed by atoms with E-state index < -0.39 is 18.5 Å². The van der Waals surface area contributed by atoms with Crippen molar-refractivity contribution in [3.05, 3.63) is 0 Å². The minimum atomic E-state index is -4.64. The first-order valence-corrected chi connectivity index (χ1v) is 6.43. The highest BCUT2D eigenvalue weighted by atomic mass is 19.4. The molecule has 0 radical (unpaired) electrons. The summed E-state index contributed by atoms with van der Waals surface area (Å²) in [4.78, 5) is 13.8. The molecule has 1 aliphatic heterocycles. The summed E-state index contributed by atoms with van der Waals surface area (Å²) in [5, 5.41) is 0. The molecule has 3 nitrogen and oxygen atoms in total. The van der Waals surface area contributed by atoms with Gasteiger partial charge in [0.2, 0.25) is 5.91 Å². The van der Waals surface area contributed by atoms with Crippen LogP contribution in [0.4, 0.5) is 13.2 Å². The molecule has 0 N–H and O–H groups in total. The highest BCUT2D eigenvalue weighted by molar-refractivity contribution is 5.82. The second kappa shape index (κ2) is 4.14. The van der Waals surface area contributed by atoms with E-state index in [9.17, 15) is 18.0 Å². The van der Waals surface area contributed by atoms with Crippen molar-refractivity contribution in [1.82, 2.24) is 4.90 Å². The van der Waals surface area contributed by atoms with Gasteiger partial charge in [-0.3, -0.25) is 9.53 Å². The third kappa shape index (κ3) is 2.20. The summed E-state index contributed by atoms with van der Waals surface area (Å²) in [5.41, 5.74) is 0. The number of amides is 1. The normalized spacial score (nSPS) is 37.5. The summed E-state index contributed by atoms with van der Waals surface area (Å²) in [5.74, 6) is 2.15. The van der Waals surface area contributed by atoms with Gasteiger partial charge in [0.15, 0.2) is 0 Å². The highest BCUT2D eigenvalue weighted by Crippen LogP contribution is 2.47. The number of halogens is 3. The zero-order valence-electron chi connectivity index (χ0n) is 10.2. The molecule has 4 atom stereocenters. The van der Waals surface area contributed by atoms with Crippen molar-refractivity contribution in [1.29, 1.82) is 0 Å². The Morgan fingerprint density at radius 3 is 2.53 bits per heavy atom. The van der Waals surface area contributed by atoms with Crippen LogP contribution in [0.15, 0.2) is 0 Å². The molecule has 2 saturated carbocycles. The molecule has 6 heteroatoms. The molecule has 4 unspecified atom stereocenters. The topological polar surface area (TPSA) is 29.5 Å². The monoisotopic (exact) mass is 273 g/mol. The number of rotatable bonds is 2. The molecule has 0 spiro atoms. The molecule has 1 heterocycles. The number of piperidine rings is 1. The number of hydrogen-bond donors (Lipinski definition) is 0. The molecule has 0 aromatic rings. The Hall–Kier alpha value is -1.22. The minimum absolute atomic E-state index is 0.0147. The van der Waals surface area contributed by atoms with Crippen molar-refractivity contribution in [2.24, 2.45) is 11.8 Å². The van der Waals surface area contributed by atoms with Crippen molar-refractivity contribution in [2.45, 2.75) is 50.2 Å². The van der Waals surface area contributed by atoms with Crippen LogP contribution in [0, 0.1) is 24.2 Å². The van der Waals surface area contributed by atoms with Crippen LogP contribution in [0.3, 0.4) is 0 Å². The van der Waals surface area contributed by atoms with Crippen LogP contribution >= 0.6 is 0 Å². The van der Waals surface area contributed by atoms with Gasteiger partial charge in [-0.05, 0) is 25.7 Å². The Morgan fingerprint density at radius 2 is 2.00 bits per heavy atom. The van der Waals surface area contributed by atoms with Gasteiger partial charge in [-0.25, -0.2) is 0 Å². The number of nitrogens with zero attached hydrogens (tertiary/aromatic N) is 1. The summed E-state index contributed by atoms with van der Waals surface area (Å²) >= 11 is 0. The SMILES string of the molecule is C#CC1C2CC(CC2OC(F)(F)F)N1C(=O)C1CC1. The number of carbonyl (C=O) groups excluding carboxylic acids is 1. The van der Waals surface area contributed by atoms with E-state index in [1.807, 2.05) is 0 Å². The Labute approximate surface area is 109 Å². The number of carbonyl (C=O) groups is 1. The van der Waals surface area contributed by atoms with Crippen molar-refractivity contribution in [3.8, 4) is 12.3 Å². The minimum Gasteiger partial charge on any atom is -0.325 e. The molecule has 0 aromatic carbocycles. The second-order valence-corrected chi connectivity index (χ2v) is 5.52. The standard InChI is InChI=1S/C13H14F3NO2/c1-2-10-9-5-8(6-11(9)19-13(14,15)16)17(10)12(18)7-3-4-7/h1,7-11H,3-6H2. The molecule has 19 heavy (non-hydrogen) atoms. The average molecular weight is 273 g/mol. The lowest BCUT2D eigenvalue weighted by atomic mass is 9.96. The summed E-state index contributed by atoms with van der Waals surface area (Å²) in [6.07, 6.45) is 2.36. The van der Waals surface area contributed by atoms with Crippen LogP contribution in [0.2, 0.25) is 0 Å². The fourth-order valence-electron chi connectivity index (χ4n) is 3.37. The summed E-state index contributed by atoms with van der Waals surface area (Å²) in [7, 11) is 0. The van der Waals surface area contributed by atoms with Gasteiger partial charge >= 0.3 is 6.36 Å². The van der Waals surface area contributed by atoms with Crippen LogP contribution < -0.4 is 0 Å². The molecule has 3 aliphatic rings. The second-order valence-electron chi connectivity index (χ2n) is 5.52. The zero-order valence-corrected chi connectivity index (χ0v) is 10.2. The van der Waals surface area contributed by atoms with Gasteiger partial charge < -0.3 is 4.90 Å². The Kier molecular flexibility index (Phi) is 2.79. The molecule has 1 amide bonds. The van der Waals surface area contributed by atoms with Crippen LogP contribution in [0.25, 0.3) is 0 Å². The molecule has 1 saturated heterocycles. The maximum Gasteiger partial charge on any atom is 0.522 e. The molecule has 3 fully saturated rings. The van der Waals surface area contributed by atoms with Crippen LogP contribution in [0.5, 0.6) is 0 Å². The van der Waals surface area contributed by atoms with Gasteiger partial charge in [0.05, 0.1) is 12.1 Å². The molecular weight excluding hydrogens is 259 g/mol. The smallest absolute Gasteiger partial charge is 0.325 e.